The first-order valence-corrected chi connectivity index (χ1v) is 5.07. The SMILES string of the molecule is O=c1[nH][nH]c(=S)n1Cc1ccc(Cl)cc1. The number of hydrogen-bond acceptors (Lipinski definition) is 2. The Morgan fingerprint density at radius 3 is 2.47 bits per heavy atom. The van der Waals surface area contributed by atoms with Crippen LogP contribution in [0.4, 0.5) is 0 Å². The van der Waals surface area contributed by atoms with Crippen molar-refractivity contribution in [3.8, 4) is 0 Å². The average Bonchev–Trinajstić information content (AvgIpc) is 2.53. The maximum absolute atomic E-state index is 11.3. The number of rotatable bonds is 2. The maximum atomic E-state index is 11.3. The van der Waals surface area contributed by atoms with Crippen LogP contribution in [0.25, 0.3) is 0 Å². The third-order valence-corrected chi connectivity index (χ3v) is 2.60. The summed E-state index contributed by atoms with van der Waals surface area (Å²) in [7, 11) is 0. The van der Waals surface area contributed by atoms with Crippen molar-refractivity contribution in [2.75, 3.05) is 0 Å². The summed E-state index contributed by atoms with van der Waals surface area (Å²) < 4.78 is 1.83. The zero-order chi connectivity index (χ0) is 10.8. The predicted octanol–water partition coefficient (Wildman–Crippen LogP) is 1.94. The Labute approximate surface area is 95.5 Å². The lowest BCUT2D eigenvalue weighted by atomic mass is 10.2. The Hall–Kier alpha value is -1.33. The Morgan fingerprint density at radius 2 is 1.93 bits per heavy atom. The van der Waals surface area contributed by atoms with Crippen molar-refractivity contribution >= 4 is 23.8 Å². The summed E-state index contributed by atoms with van der Waals surface area (Å²) in [4.78, 5) is 11.3. The zero-order valence-corrected chi connectivity index (χ0v) is 9.23. The molecule has 0 aliphatic carbocycles. The molecule has 2 N–H and O–H groups in total. The lowest BCUT2D eigenvalue weighted by molar-refractivity contribution is 0.751. The summed E-state index contributed by atoms with van der Waals surface area (Å²) in [5.74, 6) is 0. The molecule has 0 unspecified atom stereocenters. The predicted molar refractivity (Wildman–Crippen MR) is 60.8 cm³/mol. The molecule has 6 heteroatoms. The van der Waals surface area contributed by atoms with Crippen LogP contribution in [0.1, 0.15) is 5.56 Å². The van der Waals surface area contributed by atoms with E-state index in [1.807, 2.05) is 12.1 Å². The van der Waals surface area contributed by atoms with Gasteiger partial charge in [0.2, 0.25) is 0 Å². The van der Waals surface area contributed by atoms with E-state index in [1.54, 1.807) is 12.1 Å². The topological polar surface area (TPSA) is 53.6 Å². The molecule has 0 amide bonds. The molecule has 4 nitrogen and oxygen atoms in total. The lowest BCUT2D eigenvalue weighted by Gasteiger charge is -2.00. The van der Waals surface area contributed by atoms with Gasteiger partial charge < -0.3 is 0 Å². The molecule has 1 aromatic carbocycles. The third-order valence-electron chi connectivity index (χ3n) is 2.02. The van der Waals surface area contributed by atoms with Crippen molar-refractivity contribution in [2.45, 2.75) is 6.54 Å². The van der Waals surface area contributed by atoms with Crippen molar-refractivity contribution in [1.82, 2.24) is 14.8 Å². The number of halogens is 1. The van der Waals surface area contributed by atoms with Gasteiger partial charge in [0.05, 0.1) is 6.54 Å². The molecule has 0 radical (unpaired) electrons. The molecule has 2 rings (SSSR count). The second-order valence-electron chi connectivity index (χ2n) is 3.07. The van der Waals surface area contributed by atoms with Gasteiger partial charge in [-0.1, -0.05) is 23.7 Å². The fourth-order valence-corrected chi connectivity index (χ4v) is 1.57. The monoisotopic (exact) mass is 241 g/mol. The Kier molecular flexibility index (Phi) is 2.75. The molecule has 0 fully saturated rings. The summed E-state index contributed by atoms with van der Waals surface area (Å²) in [6, 6.07) is 7.27. The Balaban J connectivity index is 2.34. The number of H-pyrrole nitrogens is 2. The third kappa shape index (κ3) is 2.19. The number of aromatic amines is 2. The summed E-state index contributed by atoms with van der Waals surface area (Å²) in [6.45, 7) is 0.439. The highest BCUT2D eigenvalue weighted by Crippen LogP contribution is 2.09. The van der Waals surface area contributed by atoms with Gasteiger partial charge in [-0.2, -0.15) is 0 Å². The van der Waals surface area contributed by atoms with Gasteiger partial charge in [-0.25, -0.2) is 9.89 Å². The minimum Gasteiger partial charge on any atom is -0.272 e. The molecule has 2 aromatic rings. The first kappa shape index (κ1) is 10.2. The van der Waals surface area contributed by atoms with Crippen molar-refractivity contribution in [3.63, 3.8) is 0 Å². The van der Waals surface area contributed by atoms with E-state index in [-0.39, 0.29) is 5.69 Å². The molecule has 0 spiro atoms. The van der Waals surface area contributed by atoms with Crippen LogP contribution in [0.2, 0.25) is 5.02 Å². The molecular weight excluding hydrogens is 234 g/mol. The highest BCUT2D eigenvalue weighted by molar-refractivity contribution is 7.71. The van der Waals surface area contributed by atoms with E-state index in [0.29, 0.717) is 16.3 Å². The fraction of sp³-hybridized carbons (Fsp3) is 0.111. The maximum Gasteiger partial charge on any atom is 0.342 e. The van der Waals surface area contributed by atoms with Crippen LogP contribution in [-0.2, 0) is 6.54 Å². The number of hydrogen-bond donors (Lipinski definition) is 2. The smallest absolute Gasteiger partial charge is 0.272 e. The van der Waals surface area contributed by atoms with Crippen LogP contribution in [0.15, 0.2) is 29.1 Å². The lowest BCUT2D eigenvalue weighted by Crippen LogP contribution is -2.17. The number of benzene rings is 1. The molecule has 15 heavy (non-hydrogen) atoms. The van der Waals surface area contributed by atoms with Crippen LogP contribution in [0, 0.1) is 4.77 Å². The molecule has 0 saturated heterocycles. The highest BCUT2D eigenvalue weighted by atomic mass is 35.5. The molecule has 0 saturated carbocycles. The normalized spacial score (nSPS) is 10.5. The van der Waals surface area contributed by atoms with Gasteiger partial charge in [0.1, 0.15) is 0 Å². The molecule has 78 valence electrons. The van der Waals surface area contributed by atoms with Gasteiger partial charge in [0, 0.05) is 5.02 Å². The quantitative estimate of drug-likeness (QED) is 0.790. The molecule has 1 heterocycles. The second kappa shape index (κ2) is 4.04. The molecule has 1 aromatic heterocycles. The highest BCUT2D eigenvalue weighted by Gasteiger charge is 2.00. The molecular formula is C9H8ClN3OS. The fourth-order valence-electron chi connectivity index (χ4n) is 1.25. The second-order valence-corrected chi connectivity index (χ2v) is 3.90. The van der Waals surface area contributed by atoms with Crippen LogP contribution in [0.3, 0.4) is 0 Å². The van der Waals surface area contributed by atoms with Gasteiger partial charge in [0.25, 0.3) is 0 Å². The minimum absolute atomic E-state index is 0.241. The van der Waals surface area contributed by atoms with E-state index in [1.165, 1.54) is 4.57 Å². The van der Waals surface area contributed by atoms with Crippen LogP contribution in [0.5, 0.6) is 0 Å². The minimum atomic E-state index is -0.241. The van der Waals surface area contributed by atoms with E-state index < -0.39 is 0 Å². The van der Waals surface area contributed by atoms with Gasteiger partial charge >= 0.3 is 5.69 Å². The van der Waals surface area contributed by atoms with Crippen molar-refractivity contribution in [1.29, 1.82) is 0 Å². The van der Waals surface area contributed by atoms with Gasteiger partial charge in [0.15, 0.2) is 4.77 Å². The number of aromatic nitrogens is 3. The van der Waals surface area contributed by atoms with Gasteiger partial charge in [-0.15, -0.1) is 0 Å². The molecule has 0 bridgehead atoms. The zero-order valence-electron chi connectivity index (χ0n) is 7.66. The van der Waals surface area contributed by atoms with Gasteiger partial charge in [-0.05, 0) is 29.9 Å². The van der Waals surface area contributed by atoms with Crippen molar-refractivity contribution < 1.29 is 0 Å². The number of nitrogens with one attached hydrogen (secondary N) is 2. The summed E-state index contributed by atoms with van der Waals surface area (Å²) in [5.41, 5.74) is 0.732. The number of nitrogens with zero attached hydrogens (tertiary/aromatic N) is 1. The van der Waals surface area contributed by atoms with Crippen LogP contribution < -0.4 is 5.69 Å². The Bertz CT molecular complexity index is 539. The standard InChI is InChI=1S/C9H8ClN3OS/c10-7-3-1-6(2-4-7)5-13-8(14)11-12-9(13)15/h1-4H,5H2,(H,11,14)(H,12,15). The summed E-state index contributed by atoms with van der Waals surface area (Å²) in [5, 5.41) is 5.68. The van der Waals surface area contributed by atoms with Crippen molar-refractivity contribution in [3.05, 3.63) is 50.1 Å². The molecule has 0 atom stereocenters. The van der Waals surface area contributed by atoms with Gasteiger partial charge in [-0.3, -0.25) is 9.67 Å². The van der Waals surface area contributed by atoms with E-state index in [9.17, 15) is 4.79 Å². The van der Waals surface area contributed by atoms with E-state index >= 15 is 0 Å². The Morgan fingerprint density at radius 1 is 1.27 bits per heavy atom. The molecule has 0 aliphatic heterocycles. The molecule has 0 aliphatic rings. The van der Waals surface area contributed by atoms with Crippen molar-refractivity contribution in [2.24, 2.45) is 0 Å². The first-order chi connectivity index (χ1) is 7.16. The van der Waals surface area contributed by atoms with E-state index in [2.05, 4.69) is 10.2 Å². The van der Waals surface area contributed by atoms with Crippen LogP contribution >= 0.6 is 23.8 Å². The largest absolute Gasteiger partial charge is 0.342 e. The van der Waals surface area contributed by atoms with Crippen LogP contribution in [-0.4, -0.2) is 14.8 Å². The van der Waals surface area contributed by atoms with E-state index in [4.69, 9.17) is 23.8 Å². The summed E-state index contributed by atoms with van der Waals surface area (Å²) in [6.07, 6.45) is 0. The van der Waals surface area contributed by atoms with E-state index in [0.717, 1.165) is 5.56 Å². The summed E-state index contributed by atoms with van der Waals surface area (Å²) >= 11 is 10.7. The average molecular weight is 242 g/mol. The first-order valence-electron chi connectivity index (χ1n) is 4.29.